The van der Waals surface area contributed by atoms with E-state index in [9.17, 15) is 19.6 Å². The van der Waals surface area contributed by atoms with Crippen molar-refractivity contribution in [3.05, 3.63) is 35.6 Å². The minimum Gasteiger partial charge on any atom is -0.451 e. The molecular weight excluding hydrogens is 432 g/mol. The maximum absolute atomic E-state index is 13.7. The molecule has 2 aliphatic rings. The summed E-state index contributed by atoms with van der Waals surface area (Å²) in [6.45, 7) is 0.645. The predicted molar refractivity (Wildman–Crippen MR) is 127 cm³/mol. The summed E-state index contributed by atoms with van der Waals surface area (Å²) in [5, 5.41) is 16.1. The van der Waals surface area contributed by atoms with Crippen LogP contribution in [0.3, 0.4) is 0 Å². The van der Waals surface area contributed by atoms with Gasteiger partial charge in [-0.05, 0) is 37.7 Å². The summed E-state index contributed by atoms with van der Waals surface area (Å²) < 4.78 is 5.78. The molecule has 1 aromatic carbocycles. The summed E-state index contributed by atoms with van der Waals surface area (Å²) in [5.74, 6) is -1.76. The highest BCUT2D eigenvalue weighted by Crippen LogP contribution is 2.39. The number of hydrogen-bond acceptors (Lipinski definition) is 5. The van der Waals surface area contributed by atoms with Gasteiger partial charge in [0.2, 0.25) is 11.8 Å². The summed E-state index contributed by atoms with van der Waals surface area (Å²) in [6, 6.07) is 8.57. The van der Waals surface area contributed by atoms with Crippen molar-refractivity contribution in [2.75, 3.05) is 6.54 Å². The number of benzene rings is 1. The molecule has 1 saturated heterocycles. The van der Waals surface area contributed by atoms with Crippen LogP contribution in [0.1, 0.15) is 79.8 Å². The highest BCUT2D eigenvalue weighted by atomic mass is 16.3. The second-order valence-electron chi connectivity index (χ2n) is 9.55. The quantitative estimate of drug-likeness (QED) is 0.549. The molecule has 3 amide bonds. The van der Waals surface area contributed by atoms with E-state index in [1.807, 2.05) is 12.1 Å². The molecule has 1 aliphatic carbocycles. The van der Waals surface area contributed by atoms with Crippen LogP contribution in [-0.4, -0.2) is 30.3 Å². The van der Waals surface area contributed by atoms with Gasteiger partial charge in [-0.2, -0.15) is 5.26 Å². The lowest BCUT2D eigenvalue weighted by Gasteiger charge is -2.28. The number of rotatable bonds is 8. The standard InChI is InChI=1S/C26H32N4O4/c27-15-18(14-17-9-6-12-29-25(17)32)30-26(33)20(13-16-7-2-1-3-8-16)22-19-10-4-5-11-21(19)34-23(22)24(28)31/h4-5,10-11,16-18,20H,1-3,6-9,12-14H2,(H2,28,31)(H,29,32)(H,30,33)/t17-,18-,20-/m0/s1. The van der Waals surface area contributed by atoms with E-state index < -0.39 is 17.9 Å². The Morgan fingerprint density at radius 3 is 2.62 bits per heavy atom. The topological polar surface area (TPSA) is 138 Å². The SMILES string of the molecule is N#C[C@H](C[C@@H]1CCCNC1=O)NC(=O)[C@@H](CC1CCCCC1)c1c(C(N)=O)oc2ccccc12. The molecule has 8 heteroatoms. The van der Waals surface area contributed by atoms with Crippen molar-refractivity contribution in [1.29, 1.82) is 5.26 Å². The Hall–Kier alpha value is -3.34. The molecule has 8 nitrogen and oxygen atoms in total. The van der Waals surface area contributed by atoms with Gasteiger partial charge in [-0.15, -0.1) is 0 Å². The van der Waals surface area contributed by atoms with E-state index in [2.05, 4.69) is 16.7 Å². The predicted octanol–water partition coefficient (Wildman–Crippen LogP) is 3.51. The van der Waals surface area contributed by atoms with Crippen LogP contribution in [0.2, 0.25) is 0 Å². The van der Waals surface area contributed by atoms with Crippen LogP contribution in [0, 0.1) is 23.2 Å². The second kappa shape index (κ2) is 10.7. The van der Waals surface area contributed by atoms with E-state index in [-0.39, 0.29) is 29.9 Å². The van der Waals surface area contributed by atoms with Crippen molar-refractivity contribution in [3.63, 3.8) is 0 Å². The lowest BCUT2D eigenvalue weighted by Crippen LogP contribution is -2.43. The third-order valence-electron chi connectivity index (χ3n) is 7.21. The molecule has 4 rings (SSSR count). The normalized spacial score (nSPS) is 20.8. The van der Waals surface area contributed by atoms with Crippen LogP contribution in [0.5, 0.6) is 0 Å². The molecule has 2 heterocycles. The van der Waals surface area contributed by atoms with Gasteiger partial charge in [-0.3, -0.25) is 14.4 Å². The summed E-state index contributed by atoms with van der Waals surface area (Å²) in [6.07, 6.45) is 7.84. The van der Waals surface area contributed by atoms with Crippen LogP contribution < -0.4 is 16.4 Å². The molecule has 1 aromatic heterocycles. The molecule has 4 N–H and O–H groups in total. The molecule has 3 atom stereocenters. The summed E-state index contributed by atoms with van der Waals surface area (Å²) in [4.78, 5) is 38.1. The molecule has 0 unspecified atom stereocenters. The highest BCUT2D eigenvalue weighted by Gasteiger charge is 2.35. The van der Waals surface area contributed by atoms with Gasteiger partial charge in [-0.1, -0.05) is 50.3 Å². The molecule has 34 heavy (non-hydrogen) atoms. The molecular formula is C26H32N4O4. The van der Waals surface area contributed by atoms with Crippen molar-refractivity contribution >= 4 is 28.7 Å². The van der Waals surface area contributed by atoms with Crippen LogP contribution >= 0.6 is 0 Å². The van der Waals surface area contributed by atoms with Crippen molar-refractivity contribution < 1.29 is 18.8 Å². The van der Waals surface area contributed by atoms with E-state index in [1.165, 1.54) is 6.42 Å². The maximum atomic E-state index is 13.7. The van der Waals surface area contributed by atoms with Crippen molar-refractivity contribution in [2.45, 2.75) is 69.7 Å². The van der Waals surface area contributed by atoms with Crippen LogP contribution in [0.4, 0.5) is 0 Å². The second-order valence-corrected chi connectivity index (χ2v) is 9.55. The zero-order valence-electron chi connectivity index (χ0n) is 19.3. The van der Waals surface area contributed by atoms with E-state index >= 15 is 0 Å². The largest absolute Gasteiger partial charge is 0.451 e. The lowest BCUT2D eigenvalue weighted by atomic mass is 9.79. The number of nitrogens with two attached hydrogens (primary N) is 1. The summed E-state index contributed by atoms with van der Waals surface area (Å²) in [7, 11) is 0. The zero-order chi connectivity index (χ0) is 24.1. The third kappa shape index (κ3) is 5.24. The first-order valence-electron chi connectivity index (χ1n) is 12.3. The Morgan fingerprint density at radius 2 is 1.91 bits per heavy atom. The zero-order valence-corrected chi connectivity index (χ0v) is 19.3. The van der Waals surface area contributed by atoms with E-state index in [0.29, 0.717) is 41.8 Å². The number of piperidine rings is 1. The number of fused-ring (bicyclic) bond motifs is 1. The fraction of sp³-hybridized carbons (Fsp3) is 0.538. The molecule has 180 valence electrons. The maximum Gasteiger partial charge on any atom is 0.284 e. The van der Waals surface area contributed by atoms with Gasteiger partial charge < -0.3 is 20.8 Å². The van der Waals surface area contributed by atoms with Gasteiger partial charge >= 0.3 is 0 Å². The molecule has 1 aliphatic heterocycles. The fourth-order valence-corrected chi connectivity index (χ4v) is 5.47. The number of para-hydroxylation sites is 1. The summed E-state index contributed by atoms with van der Waals surface area (Å²) >= 11 is 0. The highest BCUT2D eigenvalue weighted by molar-refractivity contribution is 6.02. The van der Waals surface area contributed by atoms with E-state index in [4.69, 9.17) is 10.2 Å². The average Bonchev–Trinajstić information content (AvgIpc) is 3.23. The summed E-state index contributed by atoms with van der Waals surface area (Å²) in [5.41, 5.74) is 6.66. The van der Waals surface area contributed by atoms with Crippen molar-refractivity contribution in [2.24, 2.45) is 17.6 Å². The van der Waals surface area contributed by atoms with Gasteiger partial charge in [0.1, 0.15) is 11.6 Å². The van der Waals surface area contributed by atoms with Crippen molar-refractivity contribution in [1.82, 2.24) is 10.6 Å². The Balaban J connectivity index is 1.63. The number of nitriles is 1. The van der Waals surface area contributed by atoms with Gasteiger partial charge in [0.05, 0.1) is 12.0 Å². The number of nitrogens with one attached hydrogen (secondary N) is 2. The number of carbonyl (C=O) groups is 3. The number of hydrogen-bond donors (Lipinski definition) is 3. The Morgan fingerprint density at radius 1 is 1.15 bits per heavy atom. The van der Waals surface area contributed by atoms with E-state index in [0.717, 1.165) is 32.1 Å². The molecule has 2 fully saturated rings. The molecule has 2 aromatic rings. The Kier molecular flexibility index (Phi) is 7.51. The van der Waals surface area contributed by atoms with Crippen LogP contribution in [0.25, 0.3) is 11.0 Å². The van der Waals surface area contributed by atoms with Crippen molar-refractivity contribution in [3.8, 4) is 6.07 Å². The minimum absolute atomic E-state index is 0.00248. The molecule has 0 bridgehead atoms. The Bertz CT molecular complexity index is 1100. The average molecular weight is 465 g/mol. The first kappa shape index (κ1) is 23.8. The number of furan rings is 1. The van der Waals surface area contributed by atoms with Gasteiger partial charge in [0.25, 0.3) is 5.91 Å². The fourth-order valence-electron chi connectivity index (χ4n) is 5.47. The van der Waals surface area contributed by atoms with Gasteiger partial charge in [-0.25, -0.2) is 0 Å². The smallest absolute Gasteiger partial charge is 0.284 e. The molecule has 1 saturated carbocycles. The van der Waals surface area contributed by atoms with Crippen LogP contribution in [-0.2, 0) is 9.59 Å². The number of carbonyl (C=O) groups excluding carboxylic acids is 3. The number of amides is 3. The Labute approximate surface area is 199 Å². The van der Waals surface area contributed by atoms with Gasteiger partial charge in [0, 0.05) is 23.4 Å². The molecule has 0 radical (unpaired) electrons. The lowest BCUT2D eigenvalue weighted by molar-refractivity contribution is -0.128. The first-order valence-corrected chi connectivity index (χ1v) is 12.3. The van der Waals surface area contributed by atoms with Crippen LogP contribution in [0.15, 0.2) is 28.7 Å². The number of nitrogens with zero attached hydrogens (tertiary/aromatic N) is 1. The monoisotopic (exact) mass is 464 g/mol. The minimum atomic E-state index is -0.801. The number of primary amides is 1. The third-order valence-corrected chi connectivity index (χ3v) is 7.21. The first-order chi connectivity index (χ1) is 16.5. The molecule has 0 spiro atoms. The van der Waals surface area contributed by atoms with Gasteiger partial charge in [0.15, 0.2) is 5.76 Å². The van der Waals surface area contributed by atoms with E-state index in [1.54, 1.807) is 12.1 Å².